The Hall–Kier alpha value is -2.08. The second-order valence-corrected chi connectivity index (χ2v) is 7.95. The van der Waals surface area contributed by atoms with E-state index in [-0.39, 0.29) is 6.04 Å². The first-order valence-electron chi connectivity index (χ1n) is 8.30. The van der Waals surface area contributed by atoms with E-state index in [0.717, 1.165) is 29.2 Å². The Bertz CT molecular complexity index is 955. The zero-order valence-corrected chi connectivity index (χ0v) is 15.6. The molecule has 25 heavy (non-hydrogen) atoms. The van der Waals surface area contributed by atoms with Crippen molar-refractivity contribution in [2.75, 3.05) is 0 Å². The highest BCUT2D eigenvalue weighted by molar-refractivity contribution is 7.10. The first-order chi connectivity index (χ1) is 12.3. The molecule has 1 N–H and O–H groups in total. The number of hydrogen-bond acceptors (Lipinski definition) is 5. The van der Waals surface area contributed by atoms with Gasteiger partial charge in [-0.15, -0.1) is 22.7 Å². The molecule has 5 heteroatoms. The van der Waals surface area contributed by atoms with Crippen molar-refractivity contribution in [2.24, 2.45) is 0 Å². The molecule has 0 saturated carbocycles. The topological polar surface area (TPSA) is 37.8 Å². The smallest absolute Gasteiger partial charge is 0.110 e. The van der Waals surface area contributed by atoms with Crippen molar-refractivity contribution < 1.29 is 0 Å². The van der Waals surface area contributed by atoms with Crippen LogP contribution >= 0.6 is 22.7 Å². The van der Waals surface area contributed by atoms with Gasteiger partial charge < -0.3 is 5.32 Å². The Labute approximate surface area is 155 Å². The summed E-state index contributed by atoms with van der Waals surface area (Å²) in [5.74, 6) is 0. The van der Waals surface area contributed by atoms with Crippen LogP contribution in [0.3, 0.4) is 0 Å². The van der Waals surface area contributed by atoms with E-state index in [1.165, 1.54) is 15.8 Å². The Morgan fingerprint density at radius 3 is 2.84 bits per heavy atom. The maximum absolute atomic E-state index is 4.71. The van der Waals surface area contributed by atoms with Crippen LogP contribution in [-0.2, 0) is 13.0 Å². The number of aryl methyl sites for hydroxylation is 1. The first-order valence-corrected chi connectivity index (χ1v) is 10.1. The number of thiophene rings is 1. The third-order valence-electron chi connectivity index (χ3n) is 4.20. The quantitative estimate of drug-likeness (QED) is 0.514. The predicted octanol–water partition coefficient (Wildman–Crippen LogP) is 5.13. The summed E-state index contributed by atoms with van der Waals surface area (Å²) in [5, 5.41) is 10.4. The molecule has 0 bridgehead atoms. The highest BCUT2D eigenvalue weighted by atomic mass is 32.1. The number of hydrogen-bond donors (Lipinski definition) is 1. The van der Waals surface area contributed by atoms with Crippen LogP contribution in [0.1, 0.15) is 27.2 Å². The average Bonchev–Trinajstić information content (AvgIpc) is 3.30. The van der Waals surface area contributed by atoms with Crippen LogP contribution in [0.2, 0.25) is 0 Å². The lowest BCUT2D eigenvalue weighted by Crippen LogP contribution is -2.22. The maximum atomic E-state index is 4.71. The number of fused-ring (bicyclic) bond motifs is 1. The molecule has 3 nitrogen and oxygen atoms in total. The number of pyridine rings is 1. The SMILES string of the molecule is Cc1csc(C(Cc2cccs2)NCc2cccc3ncccc23)n1. The fraction of sp³-hybridized carbons (Fsp3) is 0.200. The van der Waals surface area contributed by atoms with E-state index < -0.39 is 0 Å². The van der Waals surface area contributed by atoms with E-state index in [0.29, 0.717) is 0 Å². The van der Waals surface area contributed by atoms with Crippen molar-refractivity contribution in [1.29, 1.82) is 0 Å². The third-order valence-corrected chi connectivity index (χ3v) is 6.17. The van der Waals surface area contributed by atoms with Gasteiger partial charge in [-0.1, -0.05) is 24.3 Å². The molecule has 4 rings (SSSR count). The lowest BCUT2D eigenvalue weighted by Gasteiger charge is -2.17. The number of benzene rings is 1. The summed E-state index contributed by atoms with van der Waals surface area (Å²) >= 11 is 3.54. The van der Waals surface area contributed by atoms with Crippen molar-refractivity contribution in [3.8, 4) is 0 Å². The van der Waals surface area contributed by atoms with Gasteiger partial charge in [-0.25, -0.2) is 4.98 Å². The molecule has 126 valence electrons. The van der Waals surface area contributed by atoms with E-state index in [9.17, 15) is 0 Å². The van der Waals surface area contributed by atoms with Crippen LogP contribution in [0.4, 0.5) is 0 Å². The molecular formula is C20H19N3S2. The van der Waals surface area contributed by atoms with Gasteiger partial charge in [-0.2, -0.15) is 0 Å². The van der Waals surface area contributed by atoms with Gasteiger partial charge in [0.05, 0.1) is 11.6 Å². The third kappa shape index (κ3) is 3.79. The minimum atomic E-state index is 0.226. The Morgan fingerprint density at radius 2 is 2.04 bits per heavy atom. The van der Waals surface area contributed by atoms with E-state index in [4.69, 9.17) is 4.98 Å². The Kier molecular flexibility index (Phi) is 4.88. The van der Waals surface area contributed by atoms with E-state index in [1.807, 2.05) is 12.3 Å². The number of nitrogens with zero attached hydrogens (tertiary/aromatic N) is 2. The van der Waals surface area contributed by atoms with Gasteiger partial charge in [0, 0.05) is 40.5 Å². The highest BCUT2D eigenvalue weighted by Gasteiger charge is 2.16. The minimum Gasteiger partial charge on any atom is -0.303 e. The van der Waals surface area contributed by atoms with Gasteiger partial charge in [0.2, 0.25) is 0 Å². The molecule has 0 saturated heterocycles. The Morgan fingerprint density at radius 1 is 1.08 bits per heavy atom. The summed E-state index contributed by atoms with van der Waals surface area (Å²) in [5.41, 5.74) is 3.41. The van der Waals surface area contributed by atoms with Crippen molar-refractivity contribution in [3.63, 3.8) is 0 Å². The van der Waals surface area contributed by atoms with E-state index in [1.54, 1.807) is 22.7 Å². The molecule has 0 aliphatic carbocycles. The molecule has 3 aromatic heterocycles. The van der Waals surface area contributed by atoms with Crippen LogP contribution in [0.5, 0.6) is 0 Å². The van der Waals surface area contributed by atoms with Gasteiger partial charge >= 0.3 is 0 Å². The zero-order chi connectivity index (χ0) is 17.1. The predicted molar refractivity (Wildman–Crippen MR) is 106 cm³/mol. The molecule has 0 aliphatic heterocycles. The summed E-state index contributed by atoms with van der Waals surface area (Å²) in [6.07, 6.45) is 2.81. The molecule has 0 aliphatic rings. The summed E-state index contributed by atoms with van der Waals surface area (Å²) in [6.45, 7) is 2.86. The largest absolute Gasteiger partial charge is 0.303 e. The van der Waals surface area contributed by atoms with Gasteiger partial charge in [0.15, 0.2) is 0 Å². The molecule has 4 aromatic rings. The normalized spacial score (nSPS) is 12.5. The van der Waals surface area contributed by atoms with Crippen LogP contribution in [0.25, 0.3) is 10.9 Å². The zero-order valence-electron chi connectivity index (χ0n) is 14.0. The van der Waals surface area contributed by atoms with Crippen LogP contribution in [0, 0.1) is 6.92 Å². The second-order valence-electron chi connectivity index (χ2n) is 6.03. The molecule has 0 spiro atoms. The molecule has 0 radical (unpaired) electrons. The van der Waals surface area contributed by atoms with Gasteiger partial charge in [0.1, 0.15) is 5.01 Å². The molecule has 0 fully saturated rings. The molecular weight excluding hydrogens is 346 g/mol. The molecule has 1 aromatic carbocycles. The summed E-state index contributed by atoms with van der Waals surface area (Å²) in [4.78, 5) is 10.5. The summed E-state index contributed by atoms with van der Waals surface area (Å²) in [7, 11) is 0. The molecule has 1 unspecified atom stereocenters. The highest BCUT2D eigenvalue weighted by Crippen LogP contribution is 2.25. The molecule has 0 amide bonds. The average molecular weight is 366 g/mol. The first kappa shape index (κ1) is 16.4. The fourth-order valence-electron chi connectivity index (χ4n) is 2.96. The van der Waals surface area contributed by atoms with Crippen LogP contribution < -0.4 is 5.32 Å². The van der Waals surface area contributed by atoms with E-state index >= 15 is 0 Å². The van der Waals surface area contributed by atoms with Crippen molar-refractivity contribution in [2.45, 2.75) is 25.9 Å². The van der Waals surface area contributed by atoms with E-state index in [2.05, 4.69) is 64.4 Å². The number of thiazole rings is 1. The molecule has 3 heterocycles. The van der Waals surface area contributed by atoms with Gasteiger partial charge in [-0.3, -0.25) is 4.98 Å². The lowest BCUT2D eigenvalue weighted by atomic mass is 10.1. The number of nitrogens with one attached hydrogen (secondary N) is 1. The van der Waals surface area contributed by atoms with Crippen LogP contribution in [-0.4, -0.2) is 9.97 Å². The second kappa shape index (κ2) is 7.44. The van der Waals surface area contributed by atoms with Crippen molar-refractivity contribution >= 4 is 33.6 Å². The maximum Gasteiger partial charge on any atom is 0.110 e. The number of aromatic nitrogens is 2. The van der Waals surface area contributed by atoms with Crippen LogP contribution in [0.15, 0.2) is 59.4 Å². The fourth-order valence-corrected chi connectivity index (χ4v) is 4.59. The van der Waals surface area contributed by atoms with Crippen molar-refractivity contribution in [3.05, 3.63) is 80.6 Å². The summed E-state index contributed by atoms with van der Waals surface area (Å²) in [6, 6.07) is 15.0. The van der Waals surface area contributed by atoms with Gasteiger partial charge in [-0.05, 0) is 36.1 Å². The standard InChI is InChI=1S/C20H19N3S2/c1-14-13-25-20(23-14)19(11-16-6-4-10-24-16)22-12-15-5-2-8-18-17(15)7-3-9-21-18/h2-10,13,19,22H,11-12H2,1H3. The van der Waals surface area contributed by atoms with Crippen molar-refractivity contribution in [1.82, 2.24) is 15.3 Å². The van der Waals surface area contributed by atoms with Gasteiger partial charge in [0.25, 0.3) is 0 Å². The Balaban J connectivity index is 1.57. The summed E-state index contributed by atoms with van der Waals surface area (Å²) < 4.78 is 0. The monoisotopic (exact) mass is 365 g/mol. The lowest BCUT2D eigenvalue weighted by molar-refractivity contribution is 0.532. The number of rotatable bonds is 6. The minimum absolute atomic E-state index is 0.226. The molecule has 1 atom stereocenters.